The van der Waals surface area contributed by atoms with Crippen LogP contribution < -0.4 is 0 Å². The van der Waals surface area contributed by atoms with Gasteiger partial charge in [-0.25, -0.2) is 0 Å². The number of hydrogen-bond donors (Lipinski definition) is 0. The highest BCUT2D eigenvalue weighted by molar-refractivity contribution is 5.80. The van der Waals surface area contributed by atoms with Crippen molar-refractivity contribution < 1.29 is 0 Å². The summed E-state index contributed by atoms with van der Waals surface area (Å²) in [6.07, 6.45) is 3.54. The molecule has 1 rings (SSSR count). The summed E-state index contributed by atoms with van der Waals surface area (Å²) in [5.41, 5.74) is 2.27. The monoisotopic (exact) mass is 251 g/mol. The Balaban J connectivity index is 2.45. The highest BCUT2D eigenvalue weighted by Gasteiger charge is 2.19. The van der Waals surface area contributed by atoms with E-state index in [0.717, 1.165) is 11.4 Å². The number of nitrogens with zero attached hydrogens (tertiary/aromatic N) is 3. The molecule has 0 aromatic rings. The third kappa shape index (κ3) is 5.32. The van der Waals surface area contributed by atoms with Crippen LogP contribution in [0.2, 0.25) is 0 Å². The number of rotatable bonds is 5. The molecule has 1 saturated heterocycles. The zero-order chi connectivity index (χ0) is 13.5. The molecule has 18 heavy (non-hydrogen) atoms. The van der Waals surface area contributed by atoms with E-state index in [0.29, 0.717) is 6.04 Å². The van der Waals surface area contributed by atoms with Gasteiger partial charge in [0.1, 0.15) is 0 Å². The summed E-state index contributed by atoms with van der Waals surface area (Å²) < 4.78 is 0. The summed E-state index contributed by atoms with van der Waals surface area (Å²) >= 11 is 0. The van der Waals surface area contributed by atoms with Gasteiger partial charge >= 0.3 is 0 Å². The molecule has 0 bridgehead atoms. The lowest BCUT2D eigenvalue weighted by Crippen LogP contribution is -2.49. The Bertz CT molecular complexity index is 295. The number of aliphatic imine (C=N–C) groups is 1. The minimum absolute atomic E-state index is 0.497. The first-order chi connectivity index (χ1) is 8.52. The largest absolute Gasteiger partial charge is 0.301 e. The van der Waals surface area contributed by atoms with E-state index in [9.17, 15) is 0 Å². The Morgan fingerprint density at radius 3 is 2.28 bits per heavy atom. The van der Waals surface area contributed by atoms with E-state index in [1.54, 1.807) is 0 Å². The van der Waals surface area contributed by atoms with Crippen LogP contribution in [0, 0.1) is 0 Å². The van der Waals surface area contributed by atoms with Crippen molar-refractivity contribution in [1.29, 1.82) is 0 Å². The second-order valence-electron chi connectivity index (χ2n) is 5.49. The van der Waals surface area contributed by atoms with Crippen LogP contribution in [-0.2, 0) is 0 Å². The van der Waals surface area contributed by atoms with E-state index in [4.69, 9.17) is 0 Å². The Hall–Kier alpha value is -0.670. The van der Waals surface area contributed by atoms with Crippen molar-refractivity contribution in [2.24, 2.45) is 4.99 Å². The summed E-state index contributed by atoms with van der Waals surface area (Å²) in [6.45, 7) is 16.7. The van der Waals surface area contributed by atoms with Gasteiger partial charge in [0.25, 0.3) is 0 Å². The lowest BCUT2D eigenvalue weighted by molar-refractivity contribution is 0.117. The fourth-order valence-electron chi connectivity index (χ4n) is 2.55. The molecule has 1 unspecified atom stereocenters. The molecular formula is C15H29N3. The molecule has 0 N–H and O–H groups in total. The molecule has 0 spiro atoms. The molecule has 1 atom stereocenters. The zero-order valence-corrected chi connectivity index (χ0v) is 12.7. The number of piperazine rings is 1. The first kappa shape index (κ1) is 15.4. The Morgan fingerprint density at radius 2 is 1.78 bits per heavy atom. The predicted octanol–water partition coefficient (Wildman–Crippen LogP) is 2.79. The van der Waals surface area contributed by atoms with E-state index in [2.05, 4.69) is 41.6 Å². The molecule has 0 radical (unpaired) electrons. The molecule has 0 aromatic heterocycles. The maximum atomic E-state index is 4.50. The van der Waals surface area contributed by atoms with Gasteiger partial charge in [-0.3, -0.25) is 9.89 Å². The van der Waals surface area contributed by atoms with Crippen LogP contribution >= 0.6 is 0 Å². The minimum Gasteiger partial charge on any atom is -0.301 e. The van der Waals surface area contributed by atoms with Gasteiger partial charge in [0.05, 0.1) is 0 Å². The molecule has 104 valence electrons. The van der Waals surface area contributed by atoms with Gasteiger partial charge in [-0.05, 0) is 46.7 Å². The SMILES string of the molecule is CCCN1CCN(C(C)/C=C(/C)N=C(C)C)CC1. The van der Waals surface area contributed by atoms with Gasteiger partial charge in [0.2, 0.25) is 0 Å². The molecule has 1 aliphatic heterocycles. The van der Waals surface area contributed by atoms with Gasteiger partial charge in [-0.2, -0.15) is 0 Å². The topological polar surface area (TPSA) is 18.8 Å². The summed E-state index contributed by atoms with van der Waals surface area (Å²) in [4.78, 5) is 9.61. The van der Waals surface area contributed by atoms with E-state index in [1.165, 1.54) is 39.1 Å². The normalized spacial score (nSPS) is 20.8. The van der Waals surface area contributed by atoms with Crippen molar-refractivity contribution in [2.45, 2.75) is 47.1 Å². The summed E-state index contributed by atoms with van der Waals surface area (Å²) in [7, 11) is 0. The van der Waals surface area contributed by atoms with E-state index in [-0.39, 0.29) is 0 Å². The minimum atomic E-state index is 0.497. The number of hydrogen-bond acceptors (Lipinski definition) is 3. The molecule has 3 heteroatoms. The third-order valence-corrected chi connectivity index (χ3v) is 3.41. The van der Waals surface area contributed by atoms with Crippen molar-refractivity contribution in [1.82, 2.24) is 9.80 Å². The Labute approximate surface area is 113 Å². The average Bonchev–Trinajstić information content (AvgIpc) is 2.29. The van der Waals surface area contributed by atoms with Crippen molar-refractivity contribution >= 4 is 5.71 Å². The predicted molar refractivity (Wildman–Crippen MR) is 80.3 cm³/mol. The lowest BCUT2D eigenvalue weighted by Gasteiger charge is -2.37. The molecular weight excluding hydrogens is 222 g/mol. The van der Waals surface area contributed by atoms with Gasteiger partial charge in [0.15, 0.2) is 0 Å². The number of allylic oxidation sites excluding steroid dienone is 1. The van der Waals surface area contributed by atoms with Crippen LogP contribution in [0.4, 0.5) is 0 Å². The molecule has 1 heterocycles. The summed E-state index contributed by atoms with van der Waals surface area (Å²) in [6, 6.07) is 0.497. The second kappa shape index (κ2) is 7.70. The Morgan fingerprint density at radius 1 is 1.17 bits per heavy atom. The van der Waals surface area contributed by atoms with Crippen molar-refractivity contribution in [3.05, 3.63) is 11.8 Å². The quantitative estimate of drug-likeness (QED) is 0.700. The molecule has 0 amide bonds. The van der Waals surface area contributed by atoms with Gasteiger partial charge in [-0.1, -0.05) is 6.92 Å². The van der Waals surface area contributed by atoms with Crippen LogP contribution in [0.15, 0.2) is 16.8 Å². The summed E-state index contributed by atoms with van der Waals surface area (Å²) in [5.74, 6) is 0. The molecule has 0 aromatic carbocycles. The Kier molecular flexibility index (Phi) is 6.58. The highest BCUT2D eigenvalue weighted by atomic mass is 15.3. The van der Waals surface area contributed by atoms with Gasteiger partial charge < -0.3 is 4.90 Å². The first-order valence-electron chi connectivity index (χ1n) is 7.19. The molecule has 3 nitrogen and oxygen atoms in total. The van der Waals surface area contributed by atoms with E-state index in [1.807, 2.05) is 13.8 Å². The van der Waals surface area contributed by atoms with Crippen molar-refractivity contribution in [3.63, 3.8) is 0 Å². The second-order valence-corrected chi connectivity index (χ2v) is 5.49. The van der Waals surface area contributed by atoms with E-state index >= 15 is 0 Å². The van der Waals surface area contributed by atoms with Crippen molar-refractivity contribution in [3.8, 4) is 0 Å². The van der Waals surface area contributed by atoms with Crippen LogP contribution in [-0.4, -0.2) is 54.3 Å². The fraction of sp³-hybridized carbons (Fsp3) is 0.800. The summed E-state index contributed by atoms with van der Waals surface area (Å²) in [5, 5.41) is 0. The maximum absolute atomic E-state index is 4.50. The van der Waals surface area contributed by atoms with E-state index < -0.39 is 0 Å². The average molecular weight is 251 g/mol. The molecule has 1 fully saturated rings. The first-order valence-corrected chi connectivity index (χ1v) is 7.19. The zero-order valence-electron chi connectivity index (χ0n) is 12.7. The van der Waals surface area contributed by atoms with Gasteiger partial charge in [0, 0.05) is 43.6 Å². The molecule has 0 aliphatic carbocycles. The highest BCUT2D eigenvalue weighted by Crippen LogP contribution is 2.10. The van der Waals surface area contributed by atoms with Crippen LogP contribution in [0.1, 0.15) is 41.0 Å². The lowest BCUT2D eigenvalue weighted by atomic mass is 10.2. The molecule has 1 aliphatic rings. The van der Waals surface area contributed by atoms with Crippen molar-refractivity contribution in [2.75, 3.05) is 32.7 Å². The van der Waals surface area contributed by atoms with Crippen LogP contribution in [0.3, 0.4) is 0 Å². The smallest absolute Gasteiger partial charge is 0.0347 e. The third-order valence-electron chi connectivity index (χ3n) is 3.41. The standard InChI is InChI=1S/C15H29N3/c1-6-7-17-8-10-18(11-9-17)15(5)12-14(4)16-13(2)3/h12,15H,6-11H2,1-5H3/b14-12-. The maximum Gasteiger partial charge on any atom is 0.0347 e. The van der Waals surface area contributed by atoms with Gasteiger partial charge in [-0.15, -0.1) is 0 Å². The fourth-order valence-corrected chi connectivity index (χ4v) is 2.55. The molecule has 0 saturated carbocycles. The van der Waals surface area contributed by atoms with Crippen LogP contribution in [0.5, 0.6) is 0 Å². The van der Waals surface area contributed by atoms with Crippen LogP contribution in [0.25, 0.3) is 0 Å².